The summed E-state index contributed by atoms with van der Waals surface area (Å²) in [5.74, 6) is 1.44. The van der Waals surface area contributed by atoms with Crippen LogP contribution in [0.4, 0.5) is 0 Å². The molecule has 1 aliphatic rings. The molecular weight excluding hydrogens is 268 g/mol. The van der Waals surface area contributed by atoms with Crippen molar-refractivity contribution in [2.45, 2.75) is 51.5 Å². The van der Waals surface area contributed by atoms with Gasteiger partial charge in [-0.25, -0.2) is 4.98 Å². The van der Waals surface area contributed by atoms with E-state index in [1.54, 1.807) is 17.6 Å². The number of nitrogens with zero attached hydrogens (tertiary/aromatic N) is 1. The molecule has 1 N–H and O–H groups in total. The second-order valence-electron chi connectivity index (χ2n) is 6.52. The first-order chi connectivity index (χ1) is 9.53. The van der Waals surface area contributed by atoms with Crippen LogP contribution in [0, 0.1) is 0 Å². The molecular formula is C16H22N2OS. The molecule has 3 nitrogen and oxygen atoms in total. The highest BCUT2D eigenvalue weighted by Crippen LogP contribution is 2.38. The molecule has 2 aromatic rings. The number of furan rings is 1. The van der Waals surface area contributed by atoms with Gasteiger partial charge in [0.15, 0.2) is 10.8 Å². The topological polar surface area (TPSA) is 38.1 Å². The van der Waals surface area contributed by atoms with Crippen LogP contribution in [0.5, 0.6) is 0 Å². The lowest BCUT2D eigenvalue weighted by atomic mass is 9.90. The number of aromatic nitrogens is 1. The molecule has 4 heteroatoms. The number of nitrogens with one attached hydrogen (secondary N) is 1. The van der Waals surface area contributed by atoms with Crippen molar-refractivity contribution in [2.75, 3.05) is 6.54 Å². The predicted molar refractivity (Wildman–Crippen MR) is 83.3 cm³/mol. The monoisotopic (exact) mass is 290 g/mol. The first kappa shape index (κ1) is 13.8. The van der Waals surface area contributed by atoms with Crippen LogP contribution >= 0.6 is 11.3 Å². The van der Waals surface area contributed by atoms with Crippen LogP contribution in [0.3, 0.4) is 0 Å². The number of hydrogen-bond donors (Lipinski definition) is 1. The van der Waals surface area contributed by atoms with Gasteiger partial charge in [-0.05, 0) is 52.2 Å². The average molecular weight is 290 g/mol. The van der Waals surface area contributed by atoms with E-state index >= 15 is 0 Å². The molecule has 0 saturated heterocycles. The van der Waals surface area contributed by atoms with Crippen LogP contribution in [0.1, 0.15) is 50.1 Å². The largest absolute Gasteiger partial charge is 0.462 e. The minimum Gasteiger partial charge on any atom is -0.462 e. The summed E-state index contributed by atoms with van der Waals surface area (Å²) in [5.41, 5.74) is 1.46. The zero-order chi connectivity index (χ0) is 14.2. The maximum absolute atomic E-state index is 5.48. The summed E-state index contributed by atoms with van der Waals surface area (Å²) < 4.78 is 5.48. The Balaban J connectivity index is 1.82. The van der Waals surface area contributed by atoms with Crippen LogP contribution in [-0.4, -0.2) is 17.1 Å². The highest BCUT2D eigenvalue weighted by atomic mass is 32.1. The van der Waals surface area contributed by atoms with Gasteiger partial charge in [0.05, 0.1) is 12.0 Å². The number of rotatable bonds is 3. The molecule has 2 aromatic heterocycles. The molecule has 2 heterocycles. The first-order valence-corrected chi connectivity index (χ1v) is 8.13. The molecule has 1 atom stereocenters. The van der Waals surface area contributed by atoms with Gasteiger partial charge < -0.3 is 9.73 Å². The molecule has 20 heavy (non-hydrogen) atoms. The second kappa shape index (κ2) is 5.34. The summed E-state index contributed by atoms with van der Waals surface area (Å²) in [6.45, 7) is 7.65. The molecule has 0 fully saturated rings. The summed E-state index contributed by atoms with van der Waals surface area (Å²) in [4.78, 5) is 6.31. The average Bonchev–Trinajstić information content (AvgIpc) is 3.03. The van der Waals surface area contributed by atoms with E-state index in [0.717, 1.165) is 17.3 Å². The maximum atomic E-state index is 5.48. The van der Waals surface area contributed by atoms with Crippen molar-refractivity contribution < 1.29 is 4.42 Å². The highest BCUT2D eigenvalue weighted by molar-refractivity contribution is 7.15. The molecule has 1 unspecified atom stereocenters. The van der Waals surface area contributed by atoms with E-state index in [0.29, 0.717) is 5.92 Å². The van der Waals surface area contributed by atoms with E-state index in [9.17, 15) is 0 Å². The predicted octanol–water partition coefficient (Wildman–Crippen LogP) is 4.21. The van der Waals surface area contributed by atoms with E-state index in [4.69, 9.17) is 9.40 Å². The van der Waals surface area contributed by atoms with E-state index in [1.807, 2.05) is 12.1 Å². The fraction of sp³-hybridized carbons (Fsp3) is 0.562. The minimum atomic E-state index is 0.164. The lowest BCUT2D eigenvalue weighted by molar-refractivity contribution is 0.388. The standard InChI is InChI=1S/C16H22N2OS/c1-16(2,3)17-10-11-6-4-8-13-14(11)18-15(20-13)12-7-5-9-19-12/h5,7,9,11,17H,4,6,8,10H2,1-3H3. The zero-order valence-electron chi connectivity index (χ0n) is 12.4. The fourth-order valence-corrected chi connectivity index (χ4v) is 3.80. The van der Waals surface area contributed by atoms with Crippen molar-refractivity contribution >= 4 is 11.3 Å². The fourth-order valence-electron chi connectivity index (χ4n) is 2.64. The maximum Gasteiger partial charge on any atom is 0.162 e. The van der Waals surface area contributed by atoms with E-state index < -0.39 is 0 Å². The summed E-state index contributed by atoms with van der Waals surface area (Å²) in [5, 5.41) is 4.65. The van der Waals surface area contributed by atoms with Crippen molar-refractivity contribution in [3.8, 4) is 10.8 Å². The summed E-state index contributed by atoms with van der Waals surface area (Å²) in [6.07, 6.45) is 5.38. The molecule has 0 saturated carbocycles. The summed E-state index contributed by atoms with van der Waals surface area (Å²) in [6, 6.07) is 3.92. The lowest BCUT2D eigenvalue weighted by Crippen LogP contribution is -2.39. The summed E-state index contributed by atoms with van der Waals surface area (Å²) >= 11 is 1.80. The molecule has 3 rings (SSSR count). The highest BCUT2D eigenvalue weighted by Gasteiger charge is 2.26. The molecule has 0 bridgehead atoms. The third-order valence-corrected chi connectivity index (χ3v) is 4.83. The van der Waals surface area contributed by atoms with Crippen molar-refractivity contribution in [3.63, 3.8) is 0 Å². The Hall–Kier alpha value is -1.13. The van der Waals surface area contributed by atoms with Crippen LogP contribution in [0.15, 0.2) is 22.8 Å². The molecule has 0 aromatic carbocycles. The van der Waals surface area contributed by atoms with Gasteiger partial charge in [-0.2, -0.15) is 0 Å². The number of fused-ring (bicyclic) bond motifs is 1. The molecule has 1 aliphatic carbocycles. The van der Waals surface area contributed by atoms with Crippen molar-refractivity contribution in [3.05, 3.63) is 29.0 Å². The molecule has 0 amide bonds. The van der Waals surface area contributed by atoms with Gasteiger partial charge in [0.1, 0.15) is 0 Å². The van der Waals surface area contributed by atoms with E-state index in [1.165, 1.54) is 29.8 Å². The Labute approximate surface area is 124 Å². The van der Waals surface area contributed by atoms with Crippen molar-refractivity contribution in [1.82, 2.24) is 10.3 Å². The smallest absolute Gasteiger partial charge is 0.162 e. The van der Waals surface area contributed by atoms with E-state index in [-0.39, 0.29) is 5.54 Å². The van der Waals surface area contributed by atoms with E-state index in [2.05, 4.69) is 26.1 Å². The Morgan fingerprint density at radius 3 is 3.00 bits per heavy atom. The Bertz CT molecular complexity index is 566. The normalized spacial score (nSPS) is 19.1. The summed E-state index contributed by atoms with van der Waals surface area (Å²) in [7, 11) is 0. The molecule has 0 aliphatic heterocycles. The number of thiazole rings is 1. The Morgan fingerprint density at radius 2 is 2.30 bits per heavy atom. The SMILES string of the molecule is CC(C)(C)NCC1CCCc2sc(-c3ccco3)nc21. The first-order valence-electron chi connectivity index (χ1n) is 7.31. The third-order valence-electron chi connectivity index (χ3n) is 3.68. The quantitative estimate of drug-likeness (QED) is 0.920. The van der Waals surface area contributed by atoms with Gasteiger partial charge in [0.25, 0.3) is 0 Å². The lowest BCUT2D eigenvalue weighted by Gasteiger charge is -2.27. The molecule has 0 spiro atoms. The van der Waals surface area contributed by atoms with Crippen molar-refractivity contribution in [2.24, 2.45) is 0 Å². The Morgan fingerprint density at radius 1 is 1.45 bits per heavy atom. The van der Waals surface area contributed by atoms with Crippen LogP contribution in [0.25, 0.3) is 10.8 Å². The Kier molecular flexibility index (Phi) is 3.69. The molecule has 108 valence electrons. The van der Waals surface area contributed by atoms with Gasteiger partial charge >= 0.3 is 0 Å². The zero-order valence-corrected chi connectivity index (χ0v) is 13.2. The van der Waals surface area contributed by atoms with Gasteiger partial charge in [-0.15, -0.1) is 11.3 Å². The van der Waals surface area contributed by atoms with Gasteiger partial charge in [-0.3, -0.25) is 0 Å². The molecule has 0 radical (unpaired) electrons. The minimum absolute atomic E-state index is 0.164. The van der Waals surface area contributed by atoms with Crippen molar-refractivity contribution in [1.29, 1.82) is 0 Å². The van der Waals surface area contributed by atoms with Crippen LogP contribution in [0.2, 0.25) is 0 Å². The second-order valence-corrected chi connectivity index (χ2v) is 7.61. The van der Waals surface area contributed by atoms with Crippen LogP contribution in [-0.2, 0) is 6.42 Å². The van der Waals surface area contributed by atoms with Crippen LogP contribution < -0.4 is 5.32 Å². The van der Waals surface area contributed by atoms with Gasteiger partial charge in [0, 0.05) is 22.9 Å². The van der Waals surface area contributed by atoms with Gasteiger partial charge in [-0.1, -0.05) is 0 Å². The third kappa shape index (κ3) is 2.96. The number of hydrogen-bond acceptors (Lipinski definition) is 4. The number of aryl methyl sites for hydroxylation is 1. The van der Waals surface area contributed by atoms with Gasteiger partial charge in [0.2, 0.25) is 0 Å².